The van der Waals surface area contributed by atoms with Crippen LogP contribution in [0.1, 0.15) is 23.7 Å². The Morgan fingerprint density at radius 3 is 3.12 bits per heavy atom. The van der Waals surface area contributed by atoms with Crippen LogP contribution in [0.2, 0.25) is 5.15 Å². The van der Waals surface area contributed by atoms with E-state index >= 15 is 0 Å². The maximum atomic E-state index is 12.3. The van der Waals surface area contributed by atoms with Gasteiger partial charge < -0.3 is 10.0 Å². The van der Waals surface area contributed by atoms with Gasteiger partial charge in [0.1, 0.15) is 5.15 Å². The van der Waals surface area contributed by atoms with Crippen LogP contribution in [-0.4, -0.2) is 40.1 Å². The minimum atomic E-state index is -0.147. The lowest BCUT2D eigenvalue weighted by atomic mass is 10.0. The van der Waals surface area contributed by atoms with Crippen molar-refractivity contribution in [3.8, 4) is 0 Å². The van der Waals surface area contributed by atoms with Gasteiger partial charge in [-0.25, -0.2) is 4.98 Å². The first-order valence-electron chi connectivity index (χ1n) is 5.67. The molecule has 2 atom stereocenters. The molecule has 0 bridgehead atoms. The number of nitrogens with zero attached hydrogens (tertiary/aromatic N) is 2. The van der Waals surface area contributed by atoms with E-state index in [9.17, 15) is 9.90 Å². The van der Waals surface area contributed by atoms with E-state index in [0.717, 1.165) is 6.42 Å². The Hall–Kier alpha value is -1.13. The lowest BCUT2D eigenvalue weighted by molar-refractivity contribution is 0.0648. The Balaban J connectivity index is 2.24. The maximum absolute atomic E-state index is 12.3. The number of pyridine rings is 1. The molecule has 1 aromatic rings. The molecule has 1 amide bonds. The van der Waals surface area contributed by atoms with Crippen LogP contribution in [0.15, 0.2) is 18.3 Å². The van der Waals surface area contributed by atoms with Crippen molar-refractivity contribution in [2.45, 2.75) is 19.4 Å². The van der Waals surface area contributed by atoms with Gasteiger partial charge in [0.2, 0.25) is 0 Å². The molecule has 1 fully saturated rings. The number of aliphatic hydroxyl groups excluding tert-OH is 1. The normalized spacial score (nSPS) is 24.1. The Kier molecular flexibility index (Phi) is 3.64. The summed E-state index contributed by atoms with van der Waals surface area (Å²) in [5, 5.41) is 9.55. The highest BCUT2D eigenvalue weighted by atomic mass is 35.5. The monoisotopic (exact) mass is 254 g/mol. The molecule has 4 nitrogen and oxygen atoms in total. The Morgan fingerprint density at radius 2 is 2.47 bits per heavy atom. The van der Waals surface area contributed by atoms with E-state index in [1.807, 2.05) is 6.92 Å². The molecule has 0 aliphatic carbocycles. The third-order valence-electron chi connectivity index (χ3n) is 3.32. The van der Waals surface area contributed by atoms with Crippen molar-refractivity contribution in [3.63, 3.8) is 0 Å². The fourth-order valence-electron chi connectivity index (χ4n) is 2.24. The summed E-state index contributed by atoms with van der Waals surface area (Å²) in [6, 6.07) is 3.24. The van der Waals surface area contributed by atoms with Gasteiger partial charge in [-0.05, 0) is 24.5 Å². The average molecular weight is 255 g/mol. The summed E-state index contributed by atoms with van der Waals surface area (Å²) >= 11 is 5.90. The molecular weight excluding hydrogens is 240 g/mol. The maximum Gasteiger partial charge on any atom is 0.257 e. The lowest BCUT2D eigenvalue weighted by Gasteiger charge is -2.25. The molecule has 2 heterocycles. The molecule has 17 heavy (non-hydrogen) atoms. The number of aromatic nitrogens is 1. The largest absolute Gasteiger partial charge is 0.394 e. The first-order valence-corrected chi connectivity index (χ1v) is 6.05. The van der Waals surface area contributed by atoms with Crippen LogP contribution in [0.3, 0.4) is 0 Å². The third kappa shape index (κ3) is 2.28. The zero-order valence-corrected chi connectivity index (χ0v) is 10.4. The number of aliphatic hydroxyl groups is 1. The number of hydrogen-bond donors (Lipinski definition) is 1. The molecule has 1 N–H and O–H groups in total. The minimum Gasteiger partial charge on any atom is -0.394 e. The number of likely N-dealkylation sites (tertiary alicyclic amines) is 1. The van der Waals surface area contributed by atoms with Crippen molar-refractivity contribution >= 4 is 17.5 Å². The first kappa shape index (κ1) is 12.3. The molecule has 1 aliphatic rings. The topological polar surface area (TPSA) is 53.4 Å². The molecule has 1 aliphatic heterocycles. The summed E-state index contributed by atoms with van der Waals surface area (Å²) in [5.74, 6) is 0.172. The smallest absolute Gasteiger partial charge is 0.257 e. The van der Waals surface area contributed by atoms with Crippen molar-refractivity contribution < 1.29 is 9.90 Å². The summed E-state index contributed by atoms with van der Waals surface area (Å²) in [7, 11) is 0. The quantitative estimate of drug-likeness (QED) is 0.816. The summed E-state index contributed by atoms with van der Waals surface area (Å²) in [6.45, 7) is 2.69. The number of rotatable bonds is 2. The van der Waals surface area contributed by atoms with Crippen molar-refractivity contribution in [3.05, 3.63) is 29.0 Å². The SMILES string of the molecule is CC1CCN(C(=O)c2cccnc2Cl)C1CO. The van der Waals surface area contributed by atoms with Crippen LogP contribution in [0, 0.1) is 5.92 Å². The van der Waals surface area contributed by atoms with E-state index in [1.54, 1.807) is 23.2 Å². The van der Waals surface area contributed by atoms with Gasteiger partial charge in [0.15, 0.2) is 0 Å². The van der Waals surface area contributed by atoms with Crippen LogP contribution < -0.4 is 0 Å². The van der Waals surface area contributed by atoms with Gasteiger partial charge in [-0.2, -0.15) is 0 Å². The molecule has 92 valence electrons. The van der Waals surface area contributed by atoms with E-state index in [0.29, 0.717) is 18.0 Å². The lowest BCUT2D eigenvalue weighted by Crippen LogP contribution is -2.40. The zero-order chi connectivity index (χ0) is 12.4. The predicted octanol–water partition coefficient (Wildman–Crippen LogP) is 1.58. The molecule has 0 radical (unpaired) electrons. The van der Waals surface area contributed by atoms with Crippen molar-refractivity contribution in [2.75, 3.05) is 13.2 Å². The highest BCUT2D eigenvalue weighted by Gasteiger charge is 2.34. The second-order valence-electron chi connectivity index (χ2n) is 4.36. The molecule has 0 aromatic carbocycles. The predicted molar refractivity (Wildman–Crippen MR) is 64.9 cm³/mol. The minimum absolute atomic E-state index is 0.00914. The van der Waals surface area contributed by atoms with E-state index in [2.05, 4.69) is 4.98 Å². The van der Waals surface area contributed by atoms with Gasteiger partial charge in [0.25, 0.3) is 5.91 Å². The Morgan fingerprint density at radius 1 is 1.71 bits per heavy atom. The van der Waals surface area contributed by atoms with Gasteiger partial charge in [-0.3, -0.25) is 4.79 Å². The second kappa shape index (κ2) is 5.02. The van der Waals surface area contributed by atoms with Gasteiger partial charge in [-0.15, -0.1) is 0 Å². The average Bonchev–Trinajstić information content (AvgIpc) is 2.70. The van der Waals surface area contributed by atoms with Gasteiger partial charge in [0.05, 0.1) is 18.2 Å². The highest BCUT2D eigenvalue weighted by Crippen LogP contribution is 2.26. The first-order chi connectivity index (χ1) is 8.15. The summed E-state index contributed by atoms with van der Waals surface area (Å²) < 4.78 is 0. The van der Waals surface area contributed by atoms with Gasteiger partial charge in [-0.1, -0.05) is 18.5 Å². The van der Waals surface area contributed by atoms with E-state index in [4.69, 9.17) is 11.6 Å². The van der Waals surface area contributed by atoms with Crippen LogP contribution in [0.4, 0.5) is 0 Å². The molecule has 2 rings (SSSR count). The fraction of sp³-hybridized carbons (Fsp3) is 0.500. The Bertz CT molecular complexity index is 425. The van der Waals surface area contributed by atoms with E-state index < -0.39 is 0 Å². The fourth-order valence-corrected chi connectivity index (χ4v) is 2.44. The van der Waals surface area contributed by atoms with Crippen LogP contribution >= 0.6 is 11.6 Å². The van der Waals surface area contributed by atoms with Gasteiger partial charge in [0, 0.05) is 12.7 Å². The van der Waals surface area contributed by atoms with Crippen molar-refractivity contribution in [1.29, 1.82) is 0 Å². The standard InChI is InChI=1S/C12H15ClN2O2/c1-8-4-6-15(10(8)7-16)12(17)9-3-2-5-14-11(9)13/h2-3,5,8,10,16H,4,6-7H2,1H3. The Labute approximate surface area is 105 Å². The molecule has 2 unspecified atom stereocenters. The molecule has 5 heteroatoms. The van der Waals surface area contributed by atoms with Crippen LogP contribution in [0.25, 0.3) is 0 Å². The molecule has 0 saturated carbocycles. The van der Waals surface area contributed by atoms with Crippen molar-refractivity contribution in [1.82, 2.24) is 9.88 Å². The highest BCUT2D eigenvalue weighted by molar-refractivity contribution is 6.32. The van der Waals surface area contributed by atoms with Crippen LogP contribution in [-0.2, 0) is 0 Å². The molecule has 1 saturated heterocycles. The van der Waals surface area contributed by atoms with E-state index in [1.165, 1.54) is 0 Å². The summed E-state index contributed by atoms with van der Waals surface area (Å²) in [6.07, 6.45) is 2.46. The van der Waals surface area contributed by atoms with Crippen molar-refractivity contribution in [2.24, 2.45) is 5.92 Å². The number of halogens is 1. The summed E-state index contributed by atoms with van der Waals surface area (Å²) in [5.41, 5.74) is 0.404. The summed E-state index contributed by atoms with van der Waals surface area (Å²) in [4.78, 5) is 17.9. The molecule has 1 aromatic heterocycles. The number of carbonyl (C=O) groups is 1. The molecular formula is C12H15ClN2O2. The molecule has 0 spiro atoms. The third-order valence-corrected chi connectivity index (χ3v) is 3.62. The van der Waals surface area contributed by atoms with Gasteiger partial charge >= 0.3 is 0 Å². The van der Waals surface area contributed by atoms with Crippen LogP contribution in [0.5, 0.6) is 0 Å². The number of carbonyl (C=O) groups excluding carboxylic acids is 1. The number of hydrogen-bond acceptors (Lipinski definition) is 3. The number of amides is 1. The van der Waals surface area contributed by atoms with E-state index in [-0.39, 0.29) is 23.7 Å². The zero-order valence-electron chi connectivity index (χ0n) is 9.64. The second-order valence-corrected chi connectivity index (χ2v) is 4.71.